The zero-order valence-corrected chi connectivity index (χ0v) is 14.1. The predicted molar refractivity (Wildman–Crippen MR) is 90.6 cm³/mol. The molecule has 1 fully saturated rings. The highest BCUT2D eigenvalue weighted by molar-refractivity contribution is 7.16. The second kappa shape index (κ2) is 7.43. The summed E-state index contributed by atoms with van der Waals surface area (Å²) in [6.45, 7) is 0.892. The van der Waals surface area contributed by atoms with Crippen LogP contribution in [0.1, 0.15) is 48.1 Å². The van der Waals surface area contributed by atoms with Gasteiger partial charge in [-0.3, -0.25) is 9.69 Å². The first-order chi connectivity index (χ1) is 11.2. The monoisotopic (exact) mass is 333 g/mol. The van der Waals surface area contributed by atoms with Gasteiger partial charge in [0, 0.05) is 17.5 Å². The molecule has 0 saturated heterocycles. The van der Waals surface area contributed by atoms with E-state index >= 15 is 0 Å². The lowest BCUT2D eigenvalue weighted by atomic mass is 10.1. The number of nitriles is 1. The fourth-order valence-electron chi connectivity index (χ4n) is 3.26. The molecular formula is C17H23N3O2S. The normalized spacial score (nSPS) is 17.4. The van der Waals surface area contributed by atoms with Gasteiger partial charge in [-0.2, -0.15) is 5.26 Å². The average molecular weight is 333 g/mol. The summed E-state index contributed by atoms with van der Waals surface area (Å²) in [5.74, 6) is -0.0849. The maximum Gasteiger partial charge on any atom is 0.239 e. The Labute approximate surface area is 140 Å². The van der Waals surface area contributed by atoms with Gasteiger partial charge in [-0.25, -0.2) is 0 Å². The van der Waals surface area contributed by atoms with Crippen molar-refractivity contribution >= 4 is 22.2 Å². The van der Waals surface area contributed by atoms with E-state index in [2.05, 4.69) is 11.4 Å². The highest BCUT2D eigenvalue weighted by atomic mass is 32.1. The Morgan fingerprint density at radius 1 is 1.35 bits per heavy atom. The summed E-state index contributed by atoms with van der Waals surface area (Å²) in [5.41, 5.74) is 1.82. The van der Waals surface area contributed by atoms with E-state index in [0.29, 0.717) is 29.7 Å². The van der Waals surface area contributed by atoms with Gasteiger partial charge >= 0.3 is 0 Å². The molecule has 124 valence electrons. The summed E-state index contributed by atoms with van der Waals surface area (Å²) in [5, 5.41) is 22.3. The minimum atomic E-state index is -0.0849. The number of nitrogens with zero attached hydrogens (tertiary/aromatic N) is 2. The van der Waals surface area contributed by atoms with Crippen LogP contribution in [0.4, 0.5) is 5.00 Å². The third-order valence-electron chi connectivity index (χ3n) is 4.58. The number of aliphatic hydroxyl groups is 1. The SMILES string of the molecule is N#Cc1c(NC(=O)CN(CCO)C2CC2)sc2c1CCCCC2. The number of carbonyl (C=O) groups is 1. The van der Waals surface area contributed by atoms with Gasteiger partial charge in [-0.15, -0.1) is 11.3 Å². The molecule has 1 aromatic heterocycles. The number of hydrogen-bond acceptors (Lipinski definition) is 5. The second-order valence-electron chi connectivity index (χ2n) is 6.35. The van der Waals surface area contributed by atoms with E-state index < -0.39 is 0 Å². The van der Waals surface area contributed by atoms with Crippen molar-refractivity contribution in [2.75, 3.05) is 25.0 Å². The number of nitrogens with one attached hydrogen (secondary N) is 1. The molecule has 5 nitrogen and oxygen atoms in total. The van der Waals surface area contributed by atoms with E-state index in [1.54, 1.807) is 11.3 Å². The lowest BCUT2D eigenvalue weighted by Gasteiger charge is -2.19. The van der Waals surface area contributed by atoms with E-state index in [4.69, 9.17) is 5.11 Å². The Balaban J connectivity index is 1.69. The van der Waals surface area contributed by atoms with Gasteiger partial charge in [-0.1, -0.05) is 6.42 Å². The summed E-state index contributed by atoms with van der Waals surface area (Å²) in [4.78, 5) is 15.6. The predicted octanol–water partition coefficient (Wildman–Crippen LogP) is 2.28. The standard InChI is InChI=1S/C17H23N3O2S/c18-10-14-13-4-2-1-3-5-15(13)23-17(14)19-16(22)11-20(8-9-21)12-6-7-12/h12,21H,1-9,11H2,(H,19,22). The van der Waals surface area contributed by atoms with Crippen molar-refractivity contribution in [1.82, 2.24) is 4.90 Å². The molecule has 0 bridgehead atoms. The fraction of sp³-hybridized carbons (Fsp3) is 0.647. The molecule has 3 rings (SSSR count). The van der Waals surface area contributed by atoms with Crippen molar-refractivity contribution in [3.05, 3.63) is 16.0 Å². The van der Waals surface area contributed by atoms with Crippen LogP contribution in [0.2, 0.25) is 0 Å². The van der Waals surface area contributed by atoms with Crippen molar-refractivity contribution in [3.8, 4) is 6.07 Å². The molecule has 0 aromatic carbocycles. The van der Waals surface area contributed by atoms with E-state index in [-0.39, 0.29) is 12.5 Å². The highest BCUT2D eigenvalue weighted by Crippen LogP contribution is 2.37. The fourth-order valence-corrected chi connectivity index (χ4v) is 4.51. The molecule has 0 spiro atoms. The number of fused-ring (bicyclic) bond motifs is 1. The topological polar surface area (TPSA) is 76.4 Å². The number of amides is 1. The summed E-state index contributed by atoms with van der Waals surface area (Å²) in [7, 11) is 0. The average Bonchev–Trinajstić information content (AvgIpc) is 3.34. The number of hydrogen-bond donors (Lipinski definition) is 2. The van der Waals surface area contributed by atoms with Crippen molar-refractivity contribution in [3.63, 3.8) is 0 Å². The Bertz CT molecular complexity index is 616. The number of carbonyl (C=O) groups excluding carboxylic acids is 1. The van der Waals surface area contributed by atoms with Crippen LogP contribution in [0, 0.1) is 11.3 Å². The van der Waals surface area contributed by atoms with Crippen LogP contribution in [-0.4, -0.2) is 41.7 Å². The van der Waals surface area contributed by atoms with Gasteiger partial charge in [0.25, 0.3) is 0 Å². The molecule has 0 unspecified atom stereocenters. The largest absolute Gasteiger partial charge is 0.395 e. The zero-order chi connectivity index (χ0) is 16.2. The summed E-state index contributed by atoms with van der Waals surface area (Å²) >= 11 is 1.57. The van der Waals surface area contributed by atoms with E-state index in [0.717, 1.165) is 44.1 Å². The molecular weight excluding hydrogens is 310 g/mol. The summed E-state index contributed by atoms with van der Waals surface area (Å²) in [6.07, 6.45) is 7.67. The minimum absolute atomic E-state index is 0.0700. The quantitative estimate of drug-likeness (QED) is 0.783. The van der Waals surface area contributed by atoms with Crippen molar-refractivity contribution in [2.45, 2.75) is 51.0 Å². The Morgan fingerprint density at radius 3 is 2.83 bits per heavy atom. The van der Waals surface area contributed by atoms with Crippen molar-refractivity contribution in [2.24, 2.45) is 0 Å². The number of aryl methyl sites for hydroxylation is 1. The van der Waals surface area contributed by atoms with Gasteiger partial charge in [0.2, 0.25) is 5.91 Å². The molecule has 2 N–H and O–H groups in total. The lowest BCUT2D eigenvalue weighted by Crippen LogP contribution is -2.36. The van der Waals surface area contributed by atoms with Crippen LogP contribution in [0.15, 0.2) is 0 Å². The molecule has 1 aromatic rings. The number of aliphatic hydroxyl groups excluding tert-OH is 1. The molecule has 1 saturated carbocycles. The molecule has 2 aliphatic rings. The van der Waals surface area contributed by atoms with E-state index in [9.17, 15) is 10.1 Å². The first-order valence-electron chi connectivity index (χ1n) is 8.42. The van der Waals surface area contributed by atoms with Gasteiger partial charge < -0.3 is 10.4 Å². The molecule has 6 heteroatoms. The third-order valence-corrected chi connectivity index (χ3v) is 5.79. The molecule has 0 radical (unpaired) electrons. The van der Waals surface area contributed by atoms with Crippen LogP contribution in [0.3, 0.4) is 0 Å². The molecule has 0 aliphatic heterocycles. The third kappa shape index (κ3) is 3.92. The zero-order valence-electron chi connectivity index (χ0n) is 13.3. The Kier molecular flexibility index (Phi) is 5.31. The van der Waals surface area contributed by atoms with Crippen molar-refractivity contribution in [1.29, 1.82) is 5.26 Å². The first-order valence-corrected chi connectivity index (χ1v) is 9.24. The second-order valence-corrected chi connectivity index (χ2v) is 7.46. The smallest absolute Gasteiger partial charge is 0.239 e. The molecule has 2 aliphatic carbocycles. The number of anilines is 1. The molecule has 1 amide bonds. The maximum atomic E-state index is 12.3. The lowest BCUT2D eigenvalue weighted by molar-refractivity contribution is -0.117. The van der Waals surface area contributed by atoms with Gasteiger partial charge in [0.1, 0.15) is 11.1 Å². The van der Waals surface area contributed by atoms with E-state index in [1.807, 2.05) is 4.90 Å². The minimum Gasteiger partial charge on any atom is -0.395 e. The highest BCUT2D eigenvalue weighted by Gasteiger charge is 2.30. The molecule has 23 heavy (non-hydrogen) atoms. The number of thiophene rings is 1. The molecule has 0 atom stereocenters. The van der Waals surface area contributed by atoms with E-state index in [1.165, 1.54) is 11.3 Å². The van der Waals surface area contributed by atoms with Crippen LogP contribution < -0.4 is 5.32 Å². The van der Waals surface area contributed by atoms with Gasteiger partial charge in [0.15, 0.2) is 0 Å². The first kappa shape index (κ1) is 16.4. The summed E-state index contributed by atoms with van der Waals surface area (Å²) < 4.78 is 0. The van der Waals surface area contributed by atoms with Crippen molar-refractivity contribution < 1.29 is 9.90 Å². The van der Waals surface area contributed by atoms with Gasteiger partial charge in [-0.05, 0) is 44.1 Å². The Hall–Kier alpha value is -1.42. The van der Waals surface area contributed by atoms with Crippen LogP contribution in [-0.2, 0) is 17.6 Å². The van der Waals surface area contributed by atoms with Gasteiger partial charge in [0.05, 0.1) is 18.7 Å². The summed E-state index contributed by atoms with van der Waals surface area (Å²) in [6, 6.07) is 2.73. The van der Waals surface area contributed by atoms with Crippen LogP contribution >= 0.6 is 11.3 Å². The number of rotatable bonds is 6. The molecule has 1 heterocycles. The van der Waals surface area contributed by atoms with Crippen LogP contribution in [0.25, 0.3) is 0 Å². The Morgan fingerprint density at radius 2 is 2.13 bits per heavy atom. The van der Waals surface area contributed by atoms with Crippen LogP contribution in [0.5, 0.6) is 0 Å². The maximum absolute atomic E-state index is 12.3.